The Balaban J connectivity index is 2.67. The van der Waals surface area contributed by atoms with Gasteiger partial charge in [-0.25, -0.2) is 13.6 Å². The van der Waals surface area contributed by atoms with E-state index in [0.29, 0.717) is 0 Å². The third-order valence-corrected chi connectivity index (χ3v) is 2.51. The Morgan fingerprint density at radius 1 is 1.44 bits per heavy atom. The van der Waals surface area contributed by atoms with E-state index in [2.05, 4.69) is 0 Å². The predicted octanol–water partition coefficient (Wildman–Crippen LogP) is 1.96. The highest BCUT2D eigenvalue weighted by Crippen LogP contribution is 2.35. The lowest BCUT2D eigenvalue weighted by molar-refractivity contribution is -0.141. The number of carbonyl (C=O) groups is 2. The number of hydrogen-bond acceptors (Lipinski definition) is 3. The Morgan fingerprint density at radius 2 is 2.00 bits per heavy atom. The summed E-state index contributed by atoms with van der Waals surface area (Å²) in [5.74, 6) is -5.84. The van der Waals surface area contributed by atoms with Crippen LogP contribution in [0.3, 0.4) is 0 Å². The van der Waals surface area contributed by atoms with Gasteiger partial charge >= 0.3 is 12.1 Å². The lowest BCUT2D eigenvalue weighted by Gasteiger charge is -2.24. The molecule has 0 radical (unpaired) electrons. The number of halogens is 2. The van der Waals surface area contributed by atoms with Crippen molar-refractivity contribution >= 4 is 12.1 Å². The number of ether oxygens (including phenoxy) is 1. The fraction of sp³-hybridized carbons (Fsp3) is 0.818. The van der Waals surface area contributed by atoms with Crippen LogP contribution in [0.2, 0.25) is 0 Å². The molecule has 7 heteroatoms. The number of amides is 1. The second kappa shape index (κ2) is 4.70. The van der Waals surface area contributed by atoms with Crippen molar-refractivity contribution in [3.05, 3.63) is 0 Å². The number of carboxylic acid groups (broad SMARTS) is 1. The van der Waals surface area contributed by atoms with E-state index in [-0.39, 0.29) is 6.54 Å². The molecule has 1 aliphatic rings. The van der Waals surface area contributed by atoms with Crippen molar-refractivity contribution < 1.29 is 28.2 Å². The number of aliphatic carboxylic acids is 1. The summed E-state index contributed by atoms with van der Waals surface area (Å²) >= 11 is 0. The fourth-order valence-corrected chi connectivity index (χ4v) is 1.74. The first kappa shape index (κ1) is 14.7. The Hall–Kier alpha value is -1.40. The highest BCUT2D eigenvalue weighted by atomic mass is 19.3. The van der Waals surface area contributed by atoms with Crippen molar-refractivity contribution in [2.24, 2.45) is 5.92 Å². The van der Waals surface area contributed by atoms with Crippen LogP contribution in [-0.4, -0.2) is 46.7 Å². The average molecular weight is 265 g/mol. The Labute approximate surface area is 104 Å². The first-order valence-electron chi connectivity index (χ1n) is 5.59. The van der Waals surface area contributed by atoms with E-state index >= 15 is 0 Å². The molecule has 1 rings (SSSR count). The quantitative estimate of drug-likeness (QED) is 0.828. The van der Waals surface area contributed by atoms with Crippen LogP contribution in [0.15, 0.2) is 0 Å². The van der Waals surface area contributed by atoms with Crippen LogP contribution in [0.25, 0.3) is 0 Å². The molecule has 0 aromatic rings. The second-order valence-electron chi connectivity index (χ2n) is 5.42. The molecule has 1 aliphatic heterocycles. The SMILES string of the molecule is CC(C)(C)OC(=O)N1C[C@@H](CC(=O)O)C(F)(F)C1. The molecule has 5 nitrogen and oxygen atoms in total. The zero-order chi connectivity index (χ0) is 14.1. The van der Waals surface area contributed by atoms with Gasteiger partial charge < -0.3 is 14.7 Å². The summed E-state index contributed by atoms with van der Waals surface area (Å²) in [7, 11) is 0. The molecule has 1 atom stereocenters. The first-order chi connectivity index (χ1) is 8.01. The molecule has 1 amide bonds. The van der Waals surface area contributed by atoms with Gasteiger partial charge in [-0.2, -0.15) is 0 Å². The van der Waals surface area contributed by atoms with E-state index in [9.17, 15) is 18.4 Å². The van der Waals surface area contributed by atoms with Crippen molar-refractivity contribution in [2.75, 3.05) is 13.1 Å². The average Bonchev–Trinajstić information content (AvgIpc) is 2.38. The van der Waals surface area contributed by atoms with Gasteiger partial charge in [-0.1, -0.05) is 0 Å². The topological polar surface area (TPSA) is 66.8 Å². The standard InChI is InChI=1S/C11H17F2NO4/c1-10(2,3)18-9(17)14-5-7(4-8(15)16)11(12,13)6-14/h7H,4-6H2,1-3H3,(H,15,16)/t7-/m1/s1. The Morgan fingerprint density at radius 3 is 2.44 bits per heavy atom. The molecule has 1 saturated heterocycles. The van der Waals surface area contributed by atoms with Gasteiger partial charge in [0.2, 0.25) is 0 Å². The molecule has 0 bridgehead atoms. The minimum atomic E-state index is -3.19. The van der Waals surface area contributed by atoms with Crippen LogP contribution in [0.1, 0.15) is 27.2 Å². The van der Waals surface area contributed by atoms with E-state index in [1.807, 2.05) is 0 Å². The number of nitrogens with zero attached hydrogens (tertiary/aromatic N) is 1. The summed E-state index contributed by atoms with van der Waals surface area (Å²) in [6.45, 7) is 3.81. The zero-order valence-electron chi connectivity index (χ0n) is 10.6. The molecule has 1 heterocycles. The summed E-state index contributed by atoms with van der Waals surface area (Å²) in [5.41, 5.74) is -0.767. The van der Waals surface area contributed by atoms with E-state index in [1.54, 1.807) is 20.8 Å². The molecule has 0 aliphatic carbocycles. The van der Waals surface area contributed by atoms with Gasteiger partial charge in [-0.3, -0.25) is 4.79 Å². The van der Waals surface area contributed by atoms with E-state index in [0.717, 1.165) is 4.90 Å². The Bertz CT molecular complexity index is 351. The van der Waals surface area contributed by atoms with Crippen LogP contribution in [-0.2, 0) is 9.53 Å². The zero-order valence-corrected chi connectivity index (χ0v) is 10.6. The number of carboxylic acids is 1. The van der Waals surface area contributed by atoms with Crippen molar-refractivity contribution in [3.63, 3.8) is 0 Å². The summed E-state index contributed by atoms with van der Waals surface area (Å²) < 4.78 is 32.0. The van der Waals surface area contributed by atoms with Gasteiger partial charge in [0, 0.05) is 6.54 Å². The maximum atomic E-state index is 13.5. The molecule has 104 valence electrons. The largest absolute Gasteiger partial charge is 0.481 e. The van der Waals surface area contributed by atoms with Gasteiger partial charge in [-0.05, 0) is 20.8 Å². The van der Waals surface area contributed by atoms with Gasteiger partial charge in [0.05, 0.1) is 18.9 Å². The van der Waals surface area contributed by atoms with Gasteiger partial charge in [-0.15, -0.1) is 0 Å². The summed E-state index contributed by atoms with van der Waals surface area (Å²) in [5, 5.41) is 8.55. The molecular formula is C11H17F2NO4. The van der Waals surface area contributed by atoms with Crippen LogP contribution in [0.4, 0.5) is 13.6 Å². The normalized spacial score (nSPS) is 22.9. The molecule has 1 N–H and O–H groups in total. The first-order valence-corrected chi connectivity index (χ1v) is 5.59. The van der Waals surface area contributed by atoms with Crippen LogP contribution < -0.4 is 0 Å². The van der Waals surface area contributed by atoms with Crippen molar-refractivity contribution in [2.45, 2.75) is 38.7 Å². The second-order valence-corrected chi connectivity index (χ2v) is 5.42. The van der Waals surface area contributed by atoms with Gasteiger partial charge in [0.15, 0.2) is 0 Å². The number of likely N-dealkylation sites (tertiary alicyclic amines) is 1. The predicted molar refractivity (Wildman–Crippen MR) is 58.5 cm³/mol. The van der Waals surface area contributed by atoms with Crippen LogP contribution in [0, 0.1) is 5.92 Å². The summed E-state index contributed by atoms with van der Waals surface area (Å²) in [6, 6.07) is 0. The number of carbonyl (C=O) groups excluding carboxylic acids is 1. The number of alkyl halides is 2. The van der Waals surface area contributed by atoms with Gasteiger partial charge in [0.1, 0.15) is 5.60 Å². The smallest absolute Gasteiger partial charge is 0.410 e. The minimum Gasteiger partial charge on any atom is -0.481 e. The molecule has 18 heavy (non-hydrogen) atoms. The molecule has 0 spiro atoms. The van der Waals surface area contributed by atoms with Crippen molar-refractivity contribution in [1.82, 2.24) is 4.90 Å². The lowest BCUT2D eigenvalue weighted by Crippen LogP contribution is -2.36. The molecule has 1 fully saturated rings. The van der Waals surface area contributed by atoms with Crippen LogP contribution >= 0.6 is 0 Å². The van der Waals surface area contributed by atoms with E-state index in [1.165, 1.54) is 0 Å². The number of rotatable bonds is 2. The van der Waals surface area contributed by atoms with Crippen molar-refractivity contribution in [1.29, 1.82) is 0 Å². The highest BCUT2D eigenvalue weighted by molar-refractivity contribution is 5.70. The molecule has 0 aromatic heterocycles. The number of hydrogen-bond donors (Lipinski definition) is 1. The third-order valence-electron chi connectivity index (χ3n) is 2.51. The Kier molecular flexibility index (Phi) is 3.83. The monoisotopic (exact) mass is 265 g/mol. The van der Waals surface area contributed by atoms with E-state index < -0.39 is 42.5 Å². The third kappa shape index (κ3) is 3.82. The van der Waals surface area contributed by atoms with Crippen LogP contribution in [0.5, 0.6) is 0 Å². The summed E-state index contributed by atoms with van der Waals surface area (Å²) in [6.07, 6.45) is -1.50. The highest BCUT2D eigenvalue weighted by Gasteiger charge is 2.50. The maximum Gasteiger partial charge on any atom is 0.410 e. The minimum absolute atomic E-state index is 0.297. The van der Waals surface area contributed by atoms with E-state index in [4.69, 9.17) is 9.84 Å². The fourth-order valence-electron chi connectivity index (χ4n) is 1.74. The lowest BCUT2D eigenvalue weighted by atomic mass is 10.0. The van der Waals surface area contributed by atoms with Gasteiger partial charge in [0.25, 0.3) is 5.92 Å². The molecule has 0 unspecified atom stereocenters. The van der Waals surface area contributed by atoms with Crippen molar-refractivity contribution in [3.8, 4) is 0 Å². The molecule has 0 saturated carbocycles. The maximum absolute atomic E-state index is 13.5. The molecule has 0 aromatic carbocycles. The summed E-state index contributed by atoms with van der Waals surface area (Å²) in [4.78, 5) is 22.9. The molecular weight excluding hydrogens is 248 g/mol.